The van der Waals surface area contributed by atoms with Crippen molar-refractivity contribution in [3.63, 3.8) is 0 Å². The second-order valence-electron chi connectivity index (χ2n) is 5.37. The minimum Gasteiger partial charge on any atom is -0.316 e. The van der Waals surface area contributed by atoms with E-state index >= 15 is 0 Å². The lowest BCUT2D eigenvalue weighted by Crippen LogP contribution is -2.30. The van der Waals surface area contributed by atoms with Crippen LogP contribution in [0.5, 0.6) is 0 Å². The largest absolute Gasteiger partial charge is 0.316 e. The smallest absolute Gasteiger partial charge is 0.0204 e. The molecule has 88 valence electrons. The summed E-state index contributed by atoms with van der Waals surface area (Å²) in [5.41, 5.74) is 0. The standard InChI is InChI=1S/C13H26N2/c1-14-13-8-10-15(11-13)9-4-7-12-5-2-3-6-12/h12-14H,2-11H2,1H3. The summed E-state index contributed by atoms with van der Waals surface area (Å²) in [4.78, 5) is 2.64. The highest BCUT2D eigenvalue weighted by molar-refractivity contribution is 4.79. The van der Waals surface area contributed by atoms with Crippen molar-refractivity contribution in [1.82, 2.24) is 10.2 Å². The molecule has 0 radical (unpaired) electrons. The van der Waals surface area contributed by atoms with E-state index in [-0.39, 0.29) is 0 Å². The Morgan fingerprint density at radius 2 is 2.00 bits per heavy atom. The first-order valence-electron chi connectivity index (χ1n) is 6.78. The summed E-state index contributed by atoms with van der Waals surface area (Å²) in [5.74, 6) is 1.08. The Hall–Kier alpha value is -0.0800. The van der Waals surface area contributed by atoms with Gasteiger partial charge in [-0.15, -0.1) is 0 Å². The van der Waals surface area contributed by atoms with E-state index in [0.29, 0.717) is 0 Å². The van der Waals surface area contributed by atoms with Crippen LogP contribution in [0.3, 0.4) is 0 Å². The Bertz CT molecular complexity index is 175. The number of rotatable bonds is 5. The van der Waals surface area contributed by atoms with Gasteiger partial charge in [-0.2, -0.15) is 0 Å². The molecule has 1 heterocycles. The first-order chi connectivity index (χ1) is 7.38. The van der Waals surface area contributed by atoms with Crippen molar-refractivity contribution >= 4 is 0 Å². The molecule has 1 aliphatic carbocycles. The molecule has 1 saturated heterocycles. The fourth-order valence-corrected chi connectivity index (χ4v) is 3.17. The summed E-state index contributed by atoms with van der Waals surface area (Å²) >= 11 is 0. The molecule has 2 heteroatoms. The van der Waals surface area contributed by atoms with Gasteiger partial charge in [0.15, 0.2) is 0 Å². The Morgan fingerprint density at radius 3 is 2.67 bits per heavy atom. The maximum absolute atomic E-state index is 3.38. The second kappa shape index (κ2) is 5.86. The molecular weight excluding hydrogens is 184 g/mol. The van der Waals surface area contributed by atoms with Gasteiger partial charge in [0.05, 0.1) is 0 Å². The minimum atomic E-state index is 0.761. The fourth-order valence-electron chi connectivity index (χ4n) is 3.17. The lowest BCUT2D eigenvalue weighted by atomic mass is 10.0. The Kier molecular flexibility index (Phi) is 4.45. The molecule has 0 spiro atoms. The van der Waals surface area contributed by atoms with Crippen molar-refractivity contribution in [1.29, 1.82) is 0 Å². The molecule has 0 amide bonds. The van der Waals surface area contributed by atoms with Crippen molar-refractivity contribution < 1.29 is 0 Å². The molecule has 1 aliphatic heterocycles. The van der Waals surface area contributed by atoms with Gasteiger partial charge in [-0.25, -0.2) is 0 Å². The average molecular weight is 210 g/mol. The van der Waals surface area contributed by atoms with Crippen LogP contribution in [0.4, 0.5) is 0 Å². The SMILES string of the molecule is CNC1CCN(CCCC2CCCC2)C1. The van der Waals surface area contributed by atoms with Crippen molar-refractivity contribution in [2.24, 2.45) is 5.92 Å². The average Bonchev–Trinajstić information content (AvgIpc) is 2.88. The summed E-state index contributed by atoms with van der Waals surface area (Å²) in [7, 11) is 2.09. The van der Waals surface area contributed by atoms with E-state index in [1.807, 2.05) is 0 Å². The summed E-state index contributed by atoms with van der Waals surface area (Å²) in [5, 5.41) is 3.38. The molecule has 0 bridgehead atoms. The normalized spacial score (nSPS) is 29.0. The zero-order chi connectivity index (χ0) is 10.5. The highest BCUT2D eigenvalue weighted by Gasteiger charge is 2.21. The van der Waals surface area contributed by atoms with Gasteiger partial charge in [0, 0.05) is 12.6 Å². The van der Waals surface area contributed by atoms with Gasteiger partial charge in [-0.3, -0.25) is 0 Å². The summed E-state index contributed by atoms with van der Waals surface area (Å²) in [6.45, 7) is 3.94. The molecule has 2 fully saturated rings. The summed E-state index contributed by atoms with van der Waals surface area (Å²) in [6.07, 6.45) is 10.3. The minimum absolute atomic E-state index is 0.761. The number of nitrogens with one attached hydrogen (secondary N) is 1. The van der Waals surface area contributed by atoms with Crippen molar-refractivity contribution in [2.45, 2.75) is 51.0 Å². The van der Waals surface area contributed by atoms with Crippen LogP contribution >= 0.6 is 0 Å². The molecule has 0 aromatic carbocycles. The molecular formula is C13H26N2. The molecule has 15 heavy (non-hydrogen) atoms. The number of nitrogens with zero attached hydrogens (tertiary/aromatic N) is 1. The zero-order valence-corrected chi connectivity index (χ0v) is 10.2. The number of likely N-dealkylation sites (N-methyl/N-ethyl adjacent to an activating group) is 1. The van der Waals surface area contributed by atoms with Crippen LogP contribution < -0.4 is 5.32 Å². The van der Waals surface area contributed by atoms with Crippen molar-refractivity contribution in [3.8, 4) is 0 Å². The van der Waals surface area contributed by atoms with Crippen LogP contribution in [-0.2, 0) is 0 Å². The van der Waals surface area contributed by atoms with E-state index in [2.05, 4.69) is 17.3 Å². The van der Waals surface area contributed by atoms with Gasteiger partial charge < -0.3 is 10.2 Å². The molecule has 2 nitrogen and oxygen atoms in total. The molecule has 1 atom stereocenters. The van der Waals surface area contributed by atoms with Crippen molar-refractivity contribution in [2.75, 3.05) is 26.7 Å². The lowest BCUT2D eigenvalue weighted by molar-refractivity contribution is 0.309. The van der Waals surface area contributed by atoms with Gasteiger partial charge in [0.25, 0.3) is 0 Å². The van der Waals surface area contributed by atoms with Crippen LogP contribution in [0, 0.1) is 5.92 Å². The first kappa shape index (κ1) is 11.4. The van der Waals surface area contributed by atoms with Crippen molar-refractivity contribution in [3.05, 3.63) is 0 Å². The lowest BCUT2D eigenvalue weighted by Gasteiger charge is -2.17. The van der Waals surface area contributed by atoms with E-state index in [1.54, 1.807) is 0 Å². The van der Waals surface area contributed by atoms with Gasteiger partial charge in [-0.1, -0.05) is 25.7 Å². The Labute approximate surface area is 94.4 Å². The Balaban J connectivity index is 1.54. The molecule has 1 unspecified atom stereocenters. The van der Waals surface area contributed by atoms with Gasteiger partial charge in [0.1, 0.15) is 0 Å². The third-order valence-corrected chi connectivity index (χ3v) is 4.24. The van der Waals surface area contributed by atoms with Crippen LogP contribution in [-0.4, -0.2) is 37.6 Å². The molecule has 0 aromatic heterocycles. The topological polar surface area (TPSA) is 15.3 Å². The second-order valence-corrected chi connectivity index (χ2v) is 5.37. The van der Waals surface area contributed by atoms with E-state index in [0.717, 1.165) is 12.0 Å². The van der Waals surface area contributed by atoms with Gasteiger partial charge >= 0.3 is 0 Å². The highest BCUT2D eigenvalue weighted by atomic mass is 15.2. The van der Waals surface area contributed by atoms with Gasteiger partial charge in [-0.05, 0) is 45.3 Å². The number of hydrogen-bond acceptors (Lipinski definition) is 2. The maximum Gasteiger partial charge on any atom is 0.0204 e. The van der Waals surface area contributed by atoms with Gasteiger partial charge in [0.2, 0.25) is 0 Å². The summed E-state index contributed by atoms with van der Waals surface area (Å²) < 4.78 is 0. The Morgan fingerprint density at radius 1 is 1.20 bits per heavy atom. The monoisotopic (exact) mass is 210 g/mol. The van der Waals surface area contributed by atoms with E-state index < -0.39 is 0 Å². The summed E-state index contributed by atoms with van der Waals surface area (Å²) in [6, 6.07) is 0.761. The van der Waals surface area contributed by atoms with Crippen LogP contribution in [0.2, 0.25) is 0 Å². The van der Waals surface area contributed by atoms with Crippen LogP contribution in [0.1, 0.15) is 44.9 Å². The zero-order valence-electron chi connectivity index (χ0n) is 10.2. The number of hydrogen-bond donors (Lipinski definition) is 1. The molecule has 1 N–H and O–H groups in total. The maximum atomic E-state index is 3.38. The highest BCUT2D eigenvalue weighted by Crippen LogP contribution is 2.28. The van der Waals surface area contributed by atoms with Crippen LogP contribution in [0.25, 0.3) is 0 Å². The van der Waals surface area contributed by atoms with E-state index in [9.17, 15) is 0 Å². The predicted octanol–water partition coefficient (Wildman–Crippen LogP) is 2.25. The van der Waals surface area contributed by atoms with E-state index in [4.69, 9.17) is 0 Å². The molecule has 2 aliphatic rings. The third kappa shape index (κ3) is 3.46. The third-order valence-electron chi connectivity index (χ3n) is 4.24. The first-order valence-corrected chi connectivity index (χ1v) is 6.78. The quantitative estimate of drug-likeness (QED) is 0.749. The molecule has 2 rings (SSSR count). The fraction of sp³-hybridized carbons (Fsp3) is 1.00. The predicted molar refractivity (Wildman–Crippen MR) is 65.1 cm³/mol. The van der Waals surface area contributed by atoms with E-state index in [1.165, 1.54) is 64.6 Å². The molecule has 1 saturated carbocycles. The van der Waals surface area contributed by atoms with Crippen LogP contribution in [0.15, 0.2) is 0 Å². The molecule has 0 aromatic rings. The number of likely N-dealkylation sites (tertiary alicyclic amines) is 1.